The first-order valence-electron chi connectivity index (χ1n) is 6.77. The molecule has 0 amide bonds. The Morgan fingerprint density at radius 1 is 1.30 bits per heavy atom. The molecule has 116 valence electrons. The van der Waals surface area contributed by atoms with Gasteiger partial charge < -0.3 is 0 Å². The fourth-order valence-electron chi connectivity index (χ4n) is 1.99. The summed E-state index contributed by atoms with van der Waals surface area (Å²) < 4.78 is 2.38. The number of hydrogen-bond acceptors (Lipinski definition) is 4. The van der Waals surface area contributed by atoms with Gasteiger partial charge in [0, 0.05) is 22.3 Å². The van der Waals surface area contributed by atoms with Crippen LogP contribution in [-0.2, 0) is 6.54 Å². The van der Waals surface area contributed by atoms with Crippen molar-refractivity contribution in [3.63, 3.8) is 0 Å². The molecule has 2 aromatic rings. The third-order valence-electron chi connectivity index (χ3n) is 3.01. The lowest BCUT2D eigenvalue weighted by Crippen LogP contribution is -2.26. The molecule has 0 aliphatic heterocycles. The van der Waals surface area contributed by atoms with E-state index < -0.39 is 0 Å². The van der Waals surface area contributed by atoms with E-state index in [1.54, 1.807) is 12.2 Å². The van der Waals surface area contributed by atoms with Crippen molar-refractivity contribution in [1.82, 2.24) is 9.55 Å². The highest BCUT2D eigenvalue weighted by atomic mass is 79.9. The van der Waals surface area contributed by atoms with E-state index in [9.17, 15) is 10.1 Å². The summed E-state index contributed by atoms with van der Waals surface area (Å²) in [6.45, 7) is 7.65. The monoisotopic (exact) mass is 387 g/mol. The molecule has 1 heterocycles. The van der Waals surface area contributed by atoms with Crippen molar-refractivity contribution < 1.29 is 0 Å². The molecule has 23 heavy (non-hydrogen) atoms. The zero-order valence-electron chi connectivity index (χ0n) is 12.3. The summed E-state index contributed by atoms with van der Waals surface area (Å²) >= 11 is 4.77. The van der Waals surface area contributed by atoms with E-state index in [0.717, 1.165) is 10.0 Å². The van der Waals surface area contributed by atoms with Crippen molar-refractivity contribution in [1.29, 1.82) is 5.26 Å². The molecule has 0 unspecified atom stereocenters. The first kappa shape index (κ1) is 17.3. The van der Waals surface area contributed by atoms with Crippen molar-refractivity contribution in [2.75, 3.05) is 5.75 Å². The molecule has 1 aromatic carbocycles. The van der Waals surface area contributed by atoms with Crippen LogP contribution in [0.3, 0.4) is 0 Å². The molecule has 0 saturated heterocycles. The number of allylic oxidation sites excluding steroid dienone is 1. The first-order valence-corrected chi connectivity index (χ1v) is 8.55. The number of aromatic nitrogens is 2. The molecule has 6 heteroatoms. The Balaban J connectivity index is 2.70. The van der Waals surface area contributed by atoms with E-state index in [1.807, 2.05) is 30.3 Å². The van der Waals surface area contributed by atoms with Gasteiger partial charge in [0.05, 0.1) is 5.69 Å². The minimum atomic E-state index is -0.355. The quantitative estimate of drug-likeness (QED) is 0.426. The maximum absolute atomic E-state index is 12.6. The van der Waals surface area contributed by atoms with Gasteiger partial charge in [-0.15, -0.1) is 13.2 Å². The Hall–Kier alpha value is -2.10. The van der Waals surface area contributed by atoms with Gasteiger partial charge in [-0.25, -0.2) is 4.98 Å². The summed E-state index contributed by atoms with van der Waals surface area (Å²) in [5.74, 6) is 0.620. The lowest BCUT2D eigenvalue weighted by Gasteiger charge is -2.12. The van der Waals surface area contributed by atoms with Crippen molar-refractivity contribution in [2.24, 2.45) is 0 Å². The Morgan fingerprint density at radius 3 is 2.57 bits per heavy atom. The Bertz CT molecular complexity index is 835. The number of nitriles is 1. The van der Waals surface area contributed by atoms with Gasteiger partial charge in [-0.2, -0.15) is 5.26 Å². The lowest BCUT2D eigenvalue weighted by atomic mass is 10.1. The van der Waals surface area contributed by atoms with Gasteiger partial charge in [-0.1, -0.05) is 52.0 Å². The SMILES string of the molecule is C=CCSc1nc(-c2ccc(Br)cc2)c(C#N)c(=O)n1CC=C. The van der Waals surface area contributed by atoms with E-state index in [-0.39, 0.29) is 11.1 Å². The highest BCUT2D eigenvalue weighted by Gasteiger charge is 2.17. The van der Waals surface area contributed by atoms with Crippen molar-refractivity contribution in [3.8, 4) is 17.3 Å². The van der Waals surface area contributed by atoms with Crippen LogP contribution in [0.2, 0.25) is 0 Å². The van der Waals surface area contributed by atoms with E-state index >= 15 is 0 Å². The number of benzene rings is 1. The second kappa shape index (κ2) is 7.95. The van der Waals surface area contributed by atoms with Gasteiger partial charge in [0.1, 0.15) is 11.6 Å². The predicted octanol–water partition coefficient (Wildman–Crippen LogP) is 4.01. The summed E-state index contributed by atoms with van der Waals surface area (Å²) in [5, 5.41) is 9.96. The summed E-state index contributed by atoms with van der Waals surface area (Å²) in [5.41, 5.74) is 0.814. The zero-order valence-corrected chi connectivity index (χ0v) is 14.7. The van der Waals surface area contributed by atoms with Gasteiger partial charge in [-0.3, -0.25) is 9.36 Å². The van der Waals surface area contributed by atoms with Gasteiger partial charge in [-0.05, 0) is 12.1 Å². The van der Waals surface area contributed by atoms with Crippen LogP contribution in [-0.4, -0.2) is 15.3 Å². The molecule has 4 nitrogen and oxygen atoms in total. The molecule has 0 fully saturated rings. The second-order valence-electron chi connectivity index (χ2n) is 4.54. The Morgan fingerprint density at radius 2 is 2.00 bits per heavy atom. The third kappa shape index (κ3) is 3.81. The molecule has 0 saturated carbocycles. The largest absolute Gasteiger partial charge is 0.283 e. The Labute approximate surface area is 147 Å². The number of halogens is 1. The Kier molecular flexibility index (Phi) is 5.97. The first-order chi connectivity index (χ1) is 11.1. The van der Waals surface area contributed by atoms with E-state index in [2.05, 4.69) is 34.1 Å². The van der Waals surface area contributed by atoms with Crippen LogP contribution in [0.25, 0.3) is 11.3 Å². The fourth-order valence-corrected chi connectivity index (χ4v) is 2.99. The lowest BCUT2D eigenvalue weighted by molar-refractivity contribution is 0.657. The molecular formula is C17H14BrN3OS. The van der Waals surface area contributed by atoms with Gasteiger partial charge in [0.2, 0.25) is 0 Å². The van der Waals surface area contributed by atoms with Crippen molar-refractivity contribution in [3.05, 3.63) is 70.0 Å². The van der Waals surface area contributed by atoms with Crippen LogP contribution in [0, 0.1) is 11.3 Å². The highest BCUT2D eigenvalue weighted by molar-refractivity contribution is 9.10. The number of hydrogen-bond donors (Lipinski definition) is 0. The summed E-state index contributed by atoms with van der Waals surface area (Å²) in [7, 11) is 0. The van der Waals surface area contributed by atoms with Crippen LogP contribution in [0.4, 0.5) is 0 Å². The molecule has 0 bridgehead atoms. The molecule has 0 N–H and O–H groups in total. The smallest absolute Gasteiger partial charge is 0.273 e. The van der Waals surface area contributed by atoms with Crippen molar-refractivity contribution in [2.45, 2.75) is 11.7 Å². The van der Waals surface area contributed by atoms with Gasteiger partial charge in [0.25, 0.3) is 5.56 Å². The zero-order chi connectivity index (χ0) is 16.8. The second-order valence-corrected chi connectivity index (χ2v) is 6.44. The molecule has 0 aliphatic rings. The van der Waals surface area contributed by atoms with Gasteiger partial charge in [0.15, 0.2) is 5.16 Å². The molecule has 0 atom stereocenters. The van der Waals surface area contributed by atoms with E-state index in [1.165, 1.54) is 16.3 Å². The molecular weight excluding hydrogens is 374 g/mol. The number of thioether (sulfide) groups is 1. The normalized spacial score (nSPS) is 10.1. The maximum Gasteiger partial charge on any atom is 0.273 e. The van der Waals surface area contributed by atoms with Crippen LogP contribution >= 0.6 is 27.7 Å². The third-order valence-corrected chi connectivity index (χ3v) is 4.51. The van der Waals surface area contributed by atoms with Crippen LogP contribution in [0.5, 0.6) is 0 Å². The van der Waals surface area contributed by atoms with Crippen LogP contribution in [0.1, 0.15) is 5.56 Å². The maximum atomic E-state index is 12.6. The molecule has 1 aromatic heterocycles. The van der Waals surface area contributed by atoms with E-state index in [4.69, 9.17) is 0 Å². The summed E-state index contributed by atoms with van der Waals surface area (Å²) in [6.07, 6.45) is 3.36. The molecule has 0 radical (unpaired) electrons. The van der Waals surface area contributed by atoms with Crippen LogP contribution in [0.15, 0.2) is 64.0 Å². The molecule has 2 rings (SSSR count). The number of rotatable bonds is 6. The predicted molar refractivity (Wildman–Crippen MR) is 97.5 cm³/mol. The van der Waals surface area contributed by atoms with Crippen LogP contribution < -0.4 is 5.56 Å². The fraction of sp³-hybridized carbons (Fsp3) is 0.118. The topological polar surface area (TPSA) is 58.7 Å². The minimum absolute atomic E-state index is 0.0390. The highest BCUT2D eigenvalue weighted by Crippen LogP contribution is 2.25. The average molecular weight is 388 g/mol. The minimum Gasteiger partial charge on any atom is -0.283 e. The van der Waals surface area contributed by atoms with Crippen molar-refractivity contribution >= 4 is 27.7 Å². The summed E-state index contributed by atoms with van der Waals surface area (Å²) in [4.78, 5) is 17.2. The summed E-state index contributed by atoms with van der Waals surface area (Å²) in [6, 6.07) is 9.34. The average Bonchev–Trinajstić information content (AvgIpc) is 2.56. The number of nitrogens with zero attached hydrogens (tertiary/aromatic N) is 3. The van der Waals surface area contributed by atoms with E-state index in [0.29, 0.717) is 23.1 Å². The molecule has 0 aliphatic carbocycles. The molecule has 0 spiro atoms. The standard InChI is InChI=1S/C17H14BrN3OS/c1-3-9-21-16(22)14(11-19)15(20-17(21)23-10-4-2)12-5-7-13(18)8-6-12/h3-8H,1-2,9-10H2. The van der Waals surface area contributed by atoms with Gasteiger partial charge >= 0.3 is 0 Å².